The number of anilines is 2. The molecule has 7 nitrogen and oxygen atoms in total. The molecule has 7 rings (SSSR count). The Labute approximate surface area is 216 Å². The molecule has 37 heavy (non-hydrogen) atoms. The molecule has 1 aliphatic rings. The van der Waals surface area contributed by atoms with Crippen LogP contribution in [-0.2, 0) is 0 Å². The number of nitrogens with one attached hydrogen (secondary N) is 1. The van der Waals surface area contributed by atoms with Crippen LogP contribution >= 0.6 is 11.3 Å². The Morgan fingerprint density at radius 1 is 1.00 bits per heavy atom. The van der Waals surface area contributed by atoms with Crippen molar-refractivity contribution in [3.63, 3.8) is 0 Å². The molecule has 1 saturated carbocycles. The van der Waals surface area contributed by atoms with Gasteiger partial charge in [0.25, 0.3) is 12.1 Å². The number of carbonyl (C=O) groups excluding carboxylic acids is 1. The number of carbonyl (C=O) groups is 1. The number of fused-ring (bicyclic) bond motifs is 2. The third-order valence-electron chi connectivity index (χ3n) is 6.70. The first-order chi connectivity index (χ1) is 18.2. The predicted molar refractivity (Wildman–Crippen MR) is 145 cm³/mol. The highest BCUT2D eigenvalue weighted by atomic mass is 32.1. The quantitative estimate of drug-likeness (QED) is 0.271. The summed E-state index contributed by atoms with van der Waals surface area (Å²) in [5, 5.41) is 9.84. The summed E-state index contributed by atoms with van der Waals surface area (Å²) in [6, 6.07) is 27.0. The fraction of sp³-hybridized carbons (Fsp3) is 0.103. The van der Waals surface area contributed by atoms with Crippen LogP contribution in [0.2, 0.25) is 0 Å². The van der Waals surface area contributed by atoms with Gasteiger partial charge < -0.3 is 5.73 Å². The van der Waals surface area contributed by atoms with Crippen LogP contribution in [0.1, 0.15) is 28.6 Å². The van der Waals surface area contributed by atoms with E-state index in [1.165, 1.54) is 11.3 Å². The Balaban J connectivity index is 1.38. The molecule has 1 amide bonds. The summed E-state index contributed by atoms with van der Waals surface area (Å²) >= 11 is 1.28. The molecule has 0 unspecified atom stereocenters. The summed E-state index contributed by atoms with van der Waals surface area (Å²) in [7, 11) is 0. The number of amides is 1. The van der Waals surface area contributed by atoms with Gasteiger partial charge in [0.05, 0.1) is 11.4 Å². The lowest BCUT2D eigenvalue weighted by Crippen LogP contribution is -2.32. The molecule has 0 spiro atoms. The van der Waals surface area contributed by atoms with Gasteiger partial charge in [-0.2, -0.15) is 0 Å². The van der Waals surface area contributed by atoms with Crippen LogP contribution in [0.4, 0.5) is 11.6 Å². The number of pyridine rings is 1. The molecule has 180 valence electrons. The zero-order valence-electron chi connectivity index (χ0n) is 19.7. The second-order valence-corrected chi connectivity index (χ2v) is 10.2. The highest BCUT2D eigenvalue weighted by Crippen LogP contribution is 2.42. The van der Waals surface area contributed by atoms with E-state index in [9.17, 15) is 4.79 Å². The highest BCUT2D eigenvalue weighted by Gasteiger charge is 2.36. The Morgan fingerprint density at radius 2 is 1.78 bits per heavy atom. The van der Waals surface area contributed by atoms with E-state index in [-0.39, 0.29) is 5.91 Å². The van der Waals surface area contributed by atoms with Gasteiger partial charge in [0, 0.05) is 23.8 Å². The fourth-order valence-corrected chi connectivity index (χ4v) is 5.73. The van der Waals surface area contributed by atoms with Crippen LogP contribution in [0.25, 0.3) is 43.4 Å². The van der Waals surface area contributed by atoms with Gasteiger partial charge in [-0.1, -0.05) is 72.8 Å². The molecular weight excluding hydrogens is 482 g/mol. The molecule has 1 fully saturated rings. The van der Waals surface area contributed by atoms with E-state index in [1.54, 1.807) is 10.9 Å². The zero-order valence-corrected chi connectivity index (χ0v) is 20.5. The maximum absolute atomic E-state index is 13.3. The Kier molecular flexibility index (Phi) is 5.00. The number of nitrogen functional groups attached to an aromatic ring is 1. The van der Waals surface area contributed by atoms with Gasteiger partial charge in [-0.25, -0.2) is 4.98 Å². The van der Waals surface area contributed by atoms with Gasteiger partial charge in [0.15, 0.2) is 6.04 Å². The summed E-state index contributed by atoms with van der Waals surface area (Å²) in [4.78, 5) is 19.4. The Hall–Kier alpha value is -4.56. The minimum absolute atomic E-state index is 0.293. The number of aromatic nitrogens is 3. The molecule has 1 aliphatic carbocycles. The van der Waals surface area contributed by atoms with Gasteiger partial charge in [0.2, 0.25) is 5.27 Å². The molecule has 3 aromatic carbocycles. The molecular formula is C29H22N5O2S+. The lowest BCUT2D eigenvalue weighted by molar-refractivity contribution is -0.765. The van der Waals surface area contributed by atoms with Crippen LogP contribution in [0, 0.1) is 0 Å². The summed E-state index contributed by atoms with van der Waals surface area (Å²) in [6.45, 7) is 0. The van der Waals surface area contributed by atoms with Crippen molar-refractivity contribution in [3.05, 3.63) is 89.9 Å². The molecule has 0 bridgehead atoms. The van der Waals surface area contributed by atoms with Crippen LogP contribution in [0.3, 0.4) is 0 Å². The standard InChI is InChI=1S/C29H21N5O2S/c30-26-25-22(18-7-2-1-3-8-18)15-23(21-12-6-10-17-9-4-5-11-20(17)21)31-29(25)37-27(26)28(35)32-24-16-34(33-36-24)19-13-14-19/h1-12,15-16,19H,13-14H2,(H2-,30,32,33,35)/p+1. The number of hydrogen-bond donors (Lipinski definition) is 2. The van der Waals surface area contributed by atoms with E-state index in [4.69, 9.17) is 15.2 Å². The monoisotopic (exact) mass is 504 g/mol. The van der Waals surface area contributed by atoms with Crippen molar-refractivity contribution in [2.45, 2.75) is 18.9 Å². The van der Waals surface area contributed by atoms with Gasteiger partial charge >= 0.3 is 5.88 Å². The molecule has 3 heterocycles. The summed E-state index contributed by atoms with van der Waals surface area (Å²) in [5.41, 5.74) is 10.8. The van der Waals surface area contributed by atoms with E-state index in [0.717, 1.165) is 51.4 Å². The number of thiophene rings is 1. The first kappa shape index (κ1) is 21.7. The lowest BCUT2D eigenvalue weighted by atomic mass is 9.97. The smallest absolute Gasteiger partial charge is 0.302 e. The van der Waals surface area contributed by atoms with Crippen LogP contribution in [0.5, 0.6) is 0 Å². The first-order valence-electron chi connectivity index (χ1n) is 12.1. The van der Waals surface area contributed by atoms with Crippen molar-refractivity contribution in [1.82, 2.24) is 10.3 Å². The number of hydrogen-bond acceptors (Lipinski definition) is 6. The van der Waals surface area contributed by atoms with Crippen molar-refractivity contribution < 1.29 is 14.0 Å². The summed E-state index contributed by atoms with van der Waals surface area (Å²) < 4.78 is 7.06. The maximum atomic E-state index is 13.3. The number of rotatable bonds is 5. The Bertz CT molecular complexity index is 1800. The Morgan fingerprint density at radius 3 is 2.62 bits per heavy atom. The average molecular weight is 505 g/mol. The van der Waals surface area contributed by atoms with E-state index in [2.05, 4.69) is 40.9 Å². The van der Waals surface area contributed by atoms with Crippen molar-refractivity contribution in [2.75, 3.05) is 11.1 Å². The molecule has 3 N–H and O–H groups in total. The fourth-order valence-electron chi connectivity index (χ4n) is 4.72. The largest absolute Gasteiger partial charge is 0.397 e. The molecule has 0 aliphatic heterocycles. The predicted octanol–water partition coefficient (Wildman–Crippen LogP) is 6.23. The normalized spacial score (nSPS) is 13.3. The van der Waals surface area contributed by atoms with Crippen molar-refractivity contribution >= 4 is 49.8 Å². The van der Waals surface area contributed by atoms with Gasteiger partial charge in [-0.15, -0.1) is 11.3 Å². The second-order valence-electron chi connectivity index (χ2n) is 9.20. The van der Waals surface area contributed by atoms with Gasteiger partial charge in [-0.05, 0) is 32.6 Å². The highest BCUT2D eigenvalue weighted by molar-refractivity contribution is 7.21. The molecule has 0 saturated heterocycles. The van der Waals surface area contributed by atoms with Crippen molar-refractivity contribution in [3.8, 4) is 22.4 Å². The topological polar surface area (TPSA) is 97.9 Å². The minimum atomic E-state index is -0.342. The van der Waals surface area contributed by atoms with Crippen molar-refractivity contribution in [2.24, 2.45) is 0 Å². The summed E-state index contributed by atoms with van der Waals surface area (Å²) in [5.74, 6) is -0.0493. The van der Waals surface area contributed by atoms with E-state index in [0.29, 0.717) is 27.3 Å². The van der Waals surface area contributed by atoms with Crippen LogP contribution < -0.4 is 15.7 Å². The van der Waals surface area contributed by atoms with Crippen LogP contribution in [0.15, 0.2) is 89.6 Å². The molecule has 8 heteroatoms. The van der Waals surface area contributed by atoms with Crippen LogP contribution in [-0.4, -0.2) is 16.2 Å². The number of nitrogens with zero attached hydrogens (tertiary/aromatic N) is 3. The van der Waals surface area contributed by atoms with Gasteiger partial charge in [0.1, 0.15) is 9.71 Å². The number of benzene rings is 3. The SMILES string of the molecule is Nc1c(C(=O)Nc2c[n+](C3CC3)no2)sc2nc(-c3cccc4ccccc34)cc(-c3ccccc3)c12. The molecule has 0 atom stereocenters. The lowest BCUT2D eigenvalue weighted by Gasteiger charge is -2.11. The molecule has 0 radical (unpaired) electrons. The minimum Gasteiger partial charge on any atom is -0.397 e. The second kappa shape index (κ2) is 8.53. The van der Waals surface area contributed by atoms with E-state index < -0.39 is 0 Å². The number of nitrogens with two attached hydrogens (primary N) is 1. The first-order valence-corrected chi connectivity index (χ1v) is 12.9. The van der Waals surface area contributed by atoms with Gasteiger partial charge in [-0.3, -0.25) is 14.6 Å². The maximum Gasteiger partial charge on any atom is 0.302 e. The zero-order chi connectivity index (χ0) is 24.9. The average Bonchev–Trinajstić information content (AvgIpc) is 3.59. The third kappa shape index (κ3) is 3.82. The summed E-state index contributed by atoms with van der Waals surface area (Å²) in [6.07, 6.45) is 3.85. The van der Waals surface area contributed by atoms with E-state index >= 15 is 0 Å². The van der Waals surface area contributed by atoms with E-state index in [1.807, 2.05) is 48.5 Å². The molecule has 6 aromatic rings. The van der Waals surface area contributed by atoms with Crippen molar-refractivity contribution in [1.29, 1.82) is 0 Å². The molecule has 3 aromatic heterocycles. The third-order valence-corrected chi connectivity index (χ3v) is 7.79.